The van der Waals surface area contributed by atoms with Gasteiger partial charge in [0.05, 0.1) is 30.5 Å². The Labute approximate surface area is 488 Å². The molecule has 0 amide bonds. The summed E-state index contributed by atoms with van der Waals surface area (Å²) in [5, 5.41) is 0. The summed E-state index contributed by atoms with van der Waals surface area (Å²) >= 11 is 0. The summed E-state index contributed by atoms with van der Waals surface area (Å²) < 4.78 is 104. The Morgan fingerprint density at radius 3 is 0.624 bits per heavy atom. The fourth-order valence-electron chi connectivity index (χ4n) is 10.7. The molecule has 0 spiro atoms. The predicted molar refractivity (Wildman–Crippen MR) is 273 cm³/mol. The van der Waals surface area contributed by atoms with Gasteiger partial charge < -0.3 is 85.3 Å². The Morgan fingerprint density at radius 1 is 0.235 bits per heavy atom. The van der Waals surface area contributed by atoms with E-state index in [1.807, 2.05) is 0 Å². The fourth-order valence-corrected chi connectivity index (χ4v) is 10.7. The van der Waals surface area contributed by atoms with Crippen LogP contribution in [0.4, 0.5) is 0 Å². The molecule has 4 rings (SSSR count). The first-order valence-electron chi connectivity index (χ1n) is 27.1. The monoisotopic (exact) mass is 1220 g/mol. The maximum atomic E-state index is 13.0. The largest absolute Gasteiger partial charge is 0.463 e. The molecule has 0 saturated carbocycles. The third-order valence-electron chi connectivity index (χ3n) is 13.3. The first-order valence-corrected chi connectivity index (χ1v) is 27.1. The molecule has 478 valence electrons. The van der Waals surface area contributed by atoms with Gasteiger partial charge in [-0.1, -0.05) is 0 Å². The lowest BCUT2D eigenvalue weighted by Crippen LogP contribution is -2.64. The van der Waals surface area contributed by atoms with Crippen molar-refractivity contribution in [2.75, 3.05) is 13.7 Å². The second-order valence-corrected chi connectivity index (χ2v) is 20.3. The van der Waals surface area contributed by atoms with Crippen LogP contribution in [0.25, 0.3) is 0 Å². The summed E-state index contributed by atoms with van der Waals surface area (Å²) in [4.78, 5) is 165. The number of rotatable bonds is 24. The van der Waals surface area contributed by atoms with Gasteiger partial charge in [-0.2, -0.15) is 0 Å². The SMILES string of the molecule is CO[C@H]1O[C@H](CC[C@@H]2O[C@H](CC[C@@H]3O[C@H](CC[C@@H]4O[C@H](COC(C)=O)[C@@H](OC(C)=O)[C@H](OC(C)=O)[C@H]4OC(C)=O)[C@@H](OC(C)=O)[C@H](OC(C)=O)[C@H]3OC(C)=O)[C@@H](OC(C)=O)[C@H](OC(C)=O)[C@H]2OC(C)=O)[C@@H](OC(C)=O)[C@H](OC(C)=O)[C@H]1OC(C)=O. The highest BCUT2D eigenvalue weighted by Gasteiger charge is 2.58. The standard InChI is InChI=1S/C54H76O31/c1-22(55)69-21-41-48(76-29(8)62)51(79-32(11)65)46(74-27(6)60)39(84-41)18-17-37-44(72-25(4)58)49(77-30(9)63)42(70-23(2)56)35(82-37)15-16-36-43(71-24(3)57)50(78-31(10)64)45(73-26(5)59)38(83-36)19-20-40-47(75-28(7)61)52(80-33(12)66)53(81-34(13)67)54(68-14)85-40/h35-54H,15-21H2,1-14H3/t35-,36+,37+,38-,39-,40+,41+,42-,43+,44+,45-,46-,47+,48+,49+,50-,51+,52-,53+,54-/m0/s1. The van der Waals surface area contributed by atoms with Crippen LogP contribution in [0.2, 0.25) is 0 Å². The number of esters is 13. The second-order valence-electron chi connectivity index (χ2n) is 20.3. The van der Waals surface area contributed by atoms with Gasteiger partial charge in [0, 0.05) is 97.1 Å². The van der Waals surface area contributed by atoms with E-state index < -0.39 is 206 Å². The van der Waals surface area contributed by atoms with E-state index in [0.29, 0.717) is 0 Å². The summed E-state index contributed by atoms with van der Waals surface area (Å²) in [6.07, 6.45) is -31.2. The molecule has 4 heterocycles. The Morgan fingerprint density at radius 2 is 0.412 bits per heavy atom. The molecule has 20 atom stereocenters. The van der Waals surface area contributed by atoms with Crippen LogP contribution < -0.4 is 0 Å². The summed E-state index contributed by atoms with van der Waals surface area (Å²) in [5.74, 6) is -11.6. The Bertz CT molecular complexity index is 2420. The molecule has 0 N–H and O–H groups in total. The van der Waals surface area contributed by atoms with Crippen LogP contribution in [0.15, 0.2) is 0 Å². The Hall–Kier alpha value is -7.09. The zero-order valence-corrected chi connectivity index (χ0v) is 49.7. The number of ether oxygens (including phenoxy) is 18. The molecule has 4 fully saturated rings. The van der Waals surface area contributed by atoms with Crippen LogP contribution in [0.3, 0.4) is 0 Å². The van der Waals surface area contributed by atoms with E-state index in [2.05, 4.69) is 0 Å². The number of hydrogen-bond donors (Lipinski definition) is 0. The summed E-state index contributed by atoms with van der Waals surface area (Å²) in [7, 11) is 1.21. The highest BCUT2D eigenvalue weighted by atomic mass is 16.7. The van der Waals surface area contributed by atoms with Gasteiger partial charge in [-0.25, -0.2) is 0 Å². The van der Waals surface area contributed by atoms with Crippen molar-refractivity contribution in [2.45, 2.75) is 251 Å². The van der Waals surface area contributed by atoms with Crippen molar-refractivity contribution in [1.29, 1.82) is 0 Å². The molecule has 4 aliphatic rings. The maximum Gasteiger partial charge on any atom is 0.303 e. The molecule has 31 heteroatoms. The number of hydrogen-bond acceptors (Lipinski definition) is 31. The normalized spacial score (nSPS) is 32.4. The van der Waals surface area contributed by atoms with Crippen LogP contribution in [-0.4, -0.2) is 214 Å². The number of carbonyl (C=O) groups excluding carboxylic acids is 13. The minimum absolute atomic E-state index is 0.231. The molecule has 0 aliphatic carbocycles. The van der Waals surface area contributed by atoms with E-state index in [4.69, 9.17) is 85.3 Å². The number of methoxy groups -OCH3 is 1. The van der Waals surface area contributed by atoms with Gasteiger partial charge in [0.2, 0.25) is 0 Å². The minimum Gasteiger partial charge on any atom is -0.463 e. The summed E-state index contributed by atoms with van der Waals surface area (Å²) in [6, 6.07) is 0. The molecular weight excluding hydrogens is 1140 g/mol. The lowest BCUT2D eigenvalue weighted by atomic mass is 9.85. The quantitative estimate of drug-likeness (QED) is 0.0950. The van der Waals surface area contributed by atoms with E-state index in [1.165, 1.54) is 7.11 Å². The van der Waals surface area contributed by atoms with Crippen LogP contribution in [-0.2, 0) is 148 Å². The van der Waals surface area contributed by atoms with E-state index >= 15 is 0 Å². The topological polar surface area (TPSA) is 388 Å². The van der Waals surface area contributed by atoms with Gasteiger partial charge in [-0.3, -0.25) is 62.3 Å². The second kappa shape index (κ2) is 32.4. The van der Waals surface area contributed by atoms with Crippen LogP contribution in [0, 0.1) is 0 Å². The highest BCUT2D eigenvalue weighted by Crippen LogP contribution is 2.40. The molecule has 0 aromatic carbocycles. The molecule has 4 aliphatic heterocycles. The lowest BCUT2D eigenvalue weighted by molar-refractivity contribution is -0.301. The van der Waals surface area contributed by atoms with E-state index in [0.717, 1.165) is 90.0 Å². The summed E-state index contributed by atoms with van der Waals surface area (Å²) in [6.45, 7) is 13.1. The molecule has 31 nitrogen and oxygen atoms in total. The Balaban J connectivity index is 1.84. The van der Waals surface area contributed by atoms with Crippen molar-refractivity contribution in [1.82, 2.24) is 0 Å². The molecule has 0 aromatic heterocycles. The van der Waals surface area contributed by atoms with Crippen molar-refractivity contribution in [2.24, 2.45) is 0 Å². The van der Waals surface area contributed by atoms with Gasteiger partial charge in [0.25, 0.3) is 0 Å². The average molecular weight is 1220 g/mol. The zero-order chi connectivity index (χ0) is 63.7. The van der Waals surface area contributed by atoms with Crippen LogP contribution in [0.1, 0.15) is 129 Å². The van der Waals surface area contributed by atoms with E-state index in [-0.39, 0.29) is 38.5 Å². The zero-order valence-electron chi connectivity index (χ0n) is 49.7. The number of carbonyl (C=O) groups is 13. The maximum absolute atomic E-state index is 13.0. The predicted octanol–water partition coefficient (Wildman–Crippen LogP) is 0.744. The van der Waals surface area contributed by atoms with Gasteiger partial charge in [0.1, 0.15) is 18.8 Å². The van der Waals surface area contributed by atoms with Crippen molar-refractivity contribution in [3.8, 4) is 0 Å². The van der Waals surface area contributed by atoms with Gasteiger partial charge in [-0.15, -0.1) is 0 Å². The fraction of sp³-hybridized carbons (Fsp3) is 0.759. The smallest absolute Gasteiger partial charge is 0.303 e. The van der Waals surface area contributed by atoms with Crippen molar-refractivity contribution >= 4 is 77.6 Å². The van der Waals surface area contributed by atoms with Crippen molar-refractivity contribution in [3.63, 3.8) is 0 Å². The molecule has 0 unspecified atom stereocenters. The van der Waals surface area contributed by atoms with Crippen molar-refractivity contribution < 1.29 is 148 Å². The van der Waals surface area contributed by atoms with E-state index in [1.54, 1.807) is 0 Å². The molecule has 4 saturated heterocycles. The lowest BCUT2D eigenvalue weighted by Gasteiger charge is -2.48. The van der Waals surface area contributed by atoms with Crippen molar-refractivity contribution in [3.05, 3.63) is 0 Å². The summed E-state index contributed by atoms with van der Waals surface area (Å²) in [5.41, 5.74) is 0. The van der Waals surface area contributed by atoms with Crippen LogP contribution in [0.5, 0.6) is 0 Å². The van der Waals surface area contributed by atoms with Crippen LogP contribution >= 0.6 is 0 Å². The minimum atomic E-state index is -1.65. The van der Waals surface area contributed by atoms with E-state index in [9.17, 15) is 62.3 Å². The average Bonchev–Trinajstić information content (AvgIpc) is 1.48. The van der Waals surface area contributed by atoms with Gasteiger partial charge in [0.15, 0.2) is 79.5 Å². The van der Waals surface area contributed by atoms with Gasteiger partial charge in [-0.05, 0) is 38.5 Å². The molecule has 0 aromatic rings. The molecular formula is C54H76O31. The molecule has 0 bridgehead atoms. The Kier molecular flexibility index (Phi) is 26.9. The highest BCUT2D eigenvalue weighted by molar-refractivity contribution is 5.71. The molecule has 85 heavy (non-hydrogen) atoms. The first kappa shape index (κ1) is 70.4. The third kappa shape index (κ3) is 21.1. The third-order valence-corrected chi connectivity index (χ3v) is 13.3. The molecule has 0 radical (unpaired) electrons. The first-order chi connectivity index (χ1) is 39.8. The van der Waals surface area contributed by atoms with Gasteiger partial charge >= 0.3 is 77.6 Å².